The SMILES string of the molecule is Cc1c(Cl)cccc1NC(=O)C[C@H]1C(=O)OC[C@H]2CCCC[NH+]21. The summed E-state index contributed by atoms with van der Waals surface area (Å²) in [6, 6.07) is 5.34. The fourth-order valence-corrected chi connectivity index (χ4v) is 3.71. The largest absolute Gasteiger partial charge is 0.455 e. The first-order valence-electron chi connectivity index (χ1n) is 8.13. The predicted octanol–water partition coefficient (Wildman–Crippen LogP) is 1.34. The highest BCUT2D eigenvalue weighted by Gasteiger charge is 2.43. The number of halogens is 1. The summed E-state index contributed by atoms with van der Waals surface area (Å²) >= 11 is 6.07. The minimum Gasteiger partial charge on any atom is -0.455 e. The van der Waals surface area contributed by atoms with Crippen LogP contribution in [-0.4, -0.2) is 37.1 Å². The van der Waals surface area contributed by atoms with E-state index < -0.39 is 6.04 Å². The molecule has 2 heterocycles. The van der Waals surface area contributed by atoms with Crippen LogP contribution >= 0.6 is 11.6 Å². The topological polar surface area (TPSA) is 59.8 Å². The number of carbonyl (C=O) groups excluding carboxylic acids is 2. The summed E-state index contributed by atoms with van der Waals surface area (Å²) in [7, 11) is 0. The van der Waals surface area contributed by atoms with Gasteiger partial charge >= 0.3 is 5.97 Å². The fourth-order valence-electron chi connectivity index (χ4n) is 3.54. The molecular formula is C17H22ClN2O3+. The van der Waals surface area contributed by atoms with Gasteiger partial charge in [-0.15, -0.1) is 0 Å². The van der Waals surface area contributed by atoms with Gasteiger partial charge in [0.05, 0.1) is 13.0 Å². The summed E-state index contributed by atoms with van der Waals surface area (Å²) in [5, 5.41) is 3.48. The molecule has 2 aliphatic heterocycles. The zero-order valence-electron chi connectivity index (χ0n) is 13.2. The van der Waals surface area contributed by atoms with Gasteiger partial charge in [-0.3, -0.25) is 4.79 Å². The van der Waals surface area contributed by atoms with Gasteiger partial charge in [0.25, 0.3) is 0 Å². The van der Waals surface area contributed by atoms with Crippen LogP contribution < -0.4 is 10.2 Å². The fraction of sp³-hybridized carbons (Fsp3) is 0.529. The van der Waals surface area contributed by atoms with Crippen LogP contribution in [0, 0.1) is 6.92 Å². The van der Waals surface area contributed by atoms with E-state index in [1.54, 1.807) is 12.1 Å². The molecule has 0 aliphatic carbocycles. The Bertz CT molecular complexity index is 620. The van der Waals surface area contributed by atoms with E-state index in [0.717, 1.165) is 24.9 Å². The van der Waals surface area contributed by atoms with E-state index in [2.05, 4.69) is 5.32 Å². The third-order valence-corrected chi connectivity index (χ3v) is 5.29. The minimum atomic E-state index is -0.395. The molecule has 1 unspecified atom stereocenters. The molecule has 0 saturated carbocycles. The number of ether oxygens (including phenoxy) is 1. The number of amides is 1. The Kier molecular flexibility index (Phi) is 4.87. The minimum absolute atomic E-state index is 0.149. The van der Waals surface area contributed by atoms with Crippen LogP contribution in [0.5, 0.6) is 0 Å². The van der Waals surface area contributed by atoms with Gasteiger partial charge in [-0.05, 0) is 37.5 Å². The molecule has 2 saturated heterocycles. The van der Waals surface area contributed by atoms with Gasteiger partial charge in [0.1, 0.15) is 12.6 Å². The molecule has 1 amide bonds. The average molecular weight is 338 g/mol. The van der Waals surface area contributed by atoms with Gasteiger partial charge in [-0.1, -0.05) is 17.7 Å². The number of rotatable bonds is 3. The average Bonchev–Trinajstić information content (AvgIpc) is 2.54. The maximum atomic E-state index is 12.4. The zero-order valence-corrected chi connectivity index (χ0v) is 14.0. The number of piperidine rings is 1. The van der Waals surface area contributed by atoms with Crippen molar-refractivity contribution in [2.75, 3.05) is 18.5 Å². The maximum absolute atomic E-state index is 12.4. The standard InChI is InChI=1S/C17H21ClN2O3/c1-11-13(18)6-4-7-14(11)19-16(21)9-15-17(22)23-10-12-5-2-3-8-20(12)15/h4,6-7,12,15H,2-3,5,8-10H2,1H3,(H,19,21)/p+1/t12-,15+/m1/s1. The van der Waals surface area contributed by atoms with Crippen LogP contribution in [0.4, 0.5) is 5.69 Å². The summed E-state index contributed by atoms with van der Waals surface area (Å²) in [6.45, 7) is 3.28. The molecule has 2 aliphatic rings. The third-order valence-electron chi connectivity index (χ3n) is 4.88. The van der Waals surface area contributed by atoms with Gasteiger partial charge in [0, 0.05) is 17.1 Å². The second-order valence-electron chi connectivity index (χ2n) is 6.36. The van der Waals surface area contributed by atoms with Crippen molar-refractivity contribution in [3.05, 3.63) is 28.8 Å². The lowest BCUT2D eigenvalue weighted by molar-refractivity contribution is -0.951. The predicted molar refractivity (Wildman–Crippen MR) is 87.7 cm³/mol. The summed E-state index contributed by atoms with van der Waals surface area (Å²) < 4.78 is 5.29. The van der Waals surface area contributed by atoms with Crippen LogP contribution in [0.2, 0.25) is 5.02 Å². The number of benzene rings is 1. The molecule has 0 bridgehead atoms. The van der Waals surface area contributed by atoms with Crippen LogP contribution in [0.3, 0.4) is 0 Å². The Hall–Kier alpha value is -1.59. The quantitative estimate of drug-likeness (QED) is 0.818. The molecule has 2 fully saturated rings. The van der Waals surface area contributed by atoms with Crippen molar-refractivity contribution in [3.8, 4) is 0 Å². The van der Waals surface area contributed by atoms with Crippen LogP contribution in [0.15, 0.2) is 18.2 Å². The highest BCUT2D eigenvalue weighted by atomic mass is 35.5. The zero-order chi connectivity index (χ0) is 16.4. The highest BCUT2D eigenvalue weighted by Crippen LogP contribution is 2.23. The van der Waals surface area contributed by atoms with Gasteiger partial charge in [-0.25, -0.2) is 4.79 Å². The van der Waals surface area contributed by atoms with E-state index in [1.807, 2.05) is 13.0 Å². The van der Waals surface area contributed by atoms with E-state index in [1.165, 1.54) is 11.3 Å². The second kappa shape index (κ2) is 6.89. The maximum Gasteiger partial charge on any atom is 0.365 e. The molecule has 1 aromatic carbocycles. The molecule has 6 heteroatoms. The van der Waals surface area contributed by atoms with Crippen LogP contribution in [-0.2, 0) is 14.3 Å². The molecule has 0 spiro atoms. The molecular weight excluding hydrogens is 316 g/mol. The number of hydrogen-bond donors (Lipinski definition) is 2. The molecule has 2 N–H and O–H groups in total. The monoisotopic (exact) mass is 337 g/mol. The number of fused-ring (bicyclic) bond motifs is 1. The van der Waals surface area contributed by atoms with E-state index in [4.69, 9.17) is 16.3 Å². The molecule has 124 valence electrons. The van der Waals surface area contributed by atoms with Gasteiger partial charge in [0.2, 0.25) is 5.91 Å². The van der Waals surface area contributed by atoms with Gasteiger partial charge < -0.3 is 15.0 Å². The van der Waals surface area contributed by atoms with Crippen molar-refractivity contribution >= 4 is 29.2 Å². The molecule has 3 rings (SSSR count). The van der Waals surface area contributed by atoms with Crippen LogP contribution in [0.1, 0.15) is 31.2 Å². The smallest absolute Gasteiger partial charge is 0.365 e. The summed E-state index contributed by atoms with van der Waals surface area (Å²) in [4.78, 5) is 25.7. The number of anilines is 1. The van der Waals surface area contributed by atoms with Crippen molar-refractivity contribution in [2.45, 2.75) is 44.7 Å². The highest BCUT2D eigenvalue weighted by molar-refractivity contribution is 6.31. The van der Waals surface area contributed by atoms with Crippen LogP contribution in [0.25, 0.3) is 0 Å². The van der Waals surface area contributed by atoms with Crippen molar-refractivity contribution in [1.82, 2.24) is 0 Å². The second-order valence-corrected chi connectivity index (χ2v) is 6.77. The van der Waals surface area contributed by atoms with Gasteiger partial charge in [-0.2, -0.15) is 0 Å². The summed E-state index contributed by atoms with van der Waals surface area (Å²) in [5.41, 5.74) is 1.52. The van der Waals surface area contributed by atoms with Crippen molar-refractivity contribution in [3.63, 3.8) is 0 Å². The Morgan fingerprint density at radius 2 is 2.26 bits per heavy atom. The number of cyclic esters (lactones) is 1. The van der Waals surface area contributed by atoms with Crippen molar-refractivity contribution in [2.24, 2.45) is 0 Å². The summed E-state index contributed by atoms with van der Waals surface area (Å²) in [6.07, 6.45) is 3.49. The first kappa shape index (κ1) is 16.3. The normalized spacial score (nSPS) is 27.0. The number of nitrogens with one attached hydrogen (secondary N) is 2. The van der Waals surface area contributed by atoms with E-state index >= 15 is 0 Å². The van der Waals surface area contributed by atoms with Crippen molar-refractivity contribution < 1.29 is 19.2 Å². The number of carbonyl (C=O) groups is 2. The van der Waals surface area contributed by atoms with E-state index in [9.17, 15) is 9.59 Å². The number of hydrogen-bond acceptors (Lipinski definition) is 3. The third kappa shape index (κ3) is 3.51. The Morgan fingerprint density at radius 3 is 3.09 bits per heavy atom. The first-order chi connectivity index (χ1) is 11.1. The number of quaternary nitrogens is 1. The summed E-state index contributed by atoms with van der Waals surface area (Å²) in [5.74, 6) is -0.424. The lowest BCUT2D eigenvalue weighted by atomic mass is 9.97. The Balaban J connectivity index is 1.68. The molecule has 0 aromatic heterocycles. The lowest BCUT2D eigenvalue weighted by Gasteiger charge is -2.40. The molecule has 5 nitrogen and oxygen atoms in total. The first-order valence-corrected chi connectivity index (χ1v) is 8.51. The van der Waals surface area contributed by atoms with E-state index in [0.29, 0.717) is 23.4 Å². The molecule has 23 heavy (non-hydrogen) atoms. The molecule has 1 aromatic rings. The molecule has 3 atom stereocenters. The molecule has 0 radical (unpaired) electrons. The van der Waals surface area contributed by atoms with E-state index in [-0.39, 0.29) is 18.3 Å². The Morgan fingerprint density at radius 1 is 1.43 bits per heavy atom. The number of morpholine rings is 1. The number of esters is 1. The lowest BCUT2D eigenvalue weighted by Crippen LogP contribution is -3.22. The Labute approximate surface area is 140 Å². The van der Waals surface area contributed by atoms with Crippen molar-refractivity contribution in [1.29, 1.82) is 0 Å². The van der Waals surface area contributed by atoms with Gasteiger partial charge in [0.15, 0.2) is 6.04 Å².